The van der Waals surface area contributed by atoms with Crippen LogP contribution in [0.25, 0.3) is 0 Å². The lowest BCUT2D eigenvalue weighted by molar-refractivity contribution is 0.798. The molecular weight excluding hydrogens is 151 g/mol. The maximum atomic E-state index is 2.37. The number of hydrogen-bond acceptors (Lipinski definition) is 1. The minimum Gasteiger partial charge on any atom is -0.213 e. The Kier molecular flexibility index (Phi) is 6.22. The molecule has 66 valence electrons. The molecule has 0 amide bonds. The molecule has 11 heavy (non-hydrogen) atoms. The van der Waals surface area contributed by atoms with E-state index in [4.69, 9.17) is 0 Å². The predicted molar refractivity (Wildman–Crippen MR) is 58.7 cm³/mol. The van der Waals surface area contributed by atoms with E-state index in [1.807, 2.05) is 11.6 Å². The molecule has 2 unspecified atom stereocenters. The van der Waals surface area contributed by atoms with Crippen molar-refractivity contribution in [2.45, 2.75) is 52.2 Å². The summed E-state index contributed by atoms with van der Waals surface area (Å²) in [6, 6.07) is 0. The topological polar surface area (TPSA) is 0 Å². The fourth-order valence-electron chi connectivity index (χ4n) is 1.49. The van der Waals surface area contributed by atoms with Gasteiger partial charge in [-0.25, -0.2) is 11.6 Å². The lowest BCUT2D eigenvalue weighted by Gasteiger charge is -2.22. The second-order valence-corrected chi connectivity index (χ2v) is 4.49. The van der Waals surface area contributed by atoms with Crippen molar-refractivity contribution in [3.63, 3.8) is 0 Å². The van der Waals surface area contributed by atoms with E-state index < -0.39 is 0 Å². The molecule has 2 heteroatoms. The van der Waals surface area contributed by atoms with Crippen LogP contribution < -0.4 is 0 Å². The van der Waals surface area contributed by atoms with Crippen molar-refractivity contribution in [1.29, 1.82) is 0 Å². The Hall–Kier alpha value is 0.415. The molecule has 0 aromatic carbocycles. The van der Waals surface area contributed by atoms with Gasteiger partial charge in [-0.1, -0.05) is 52.2 Å². The van der Waals surface area contributed by atoms with Crippen molar-refractivity contribution in [3.05, 3.63) is 0 Å². The maximum Gasteiger partial charge on any atom is 0.214 e. The first-order valence-corrected chi connectivity index (χ1v) is 5.98. The van der Waals surface area contributed by atoms with E-state index in [-0.39, 0.29) is 0 Å². The molecule has 0 radical (unpaired) electrons. The second-order valence-electron chi connectivity index (χ2n) is 3.47. The van der Waals surface area contributed by atoms with Crippen molar-refractivity contribution in [2.24, 2.45) is 0 Å². The standard InChI is InChI=1S/C9H21BS/c1-6-8(3)10(11-5)9(4)7-2/h8-9H,6-7H2,1-5H3. The van der Waals surface area contributed by atoms with Gasteiger partial charge in [-0.05, 0) is 6.26 Å². The molecule has 0 nitrogen and oxygen atoms in total. The van der Waals surface area contributed by atoms with Gasteiger partial charge in [0.2, 0.25) is 5.99 Å². The number of rotatable bonds is 5. The highest BCUT2D eigenvalue weighted by atomic mass is 32.2. The quantitative estimate of drug-likeness (QED) is 0.566. The molecule has 0 aromatic heterocycles. The molecule has 0 saturated carbocycles. The van der Waals surface area contributed by atoms with E-state index >= 15 is 0 Å². The predicted octanol–water partition coefficient (Wildman–Crippen LogP) is 3.94. The summed E-state index contributed by atoms with van der Waals surface area (Å²) < 4.78 is 0. The molecule has 0 bridgehead atoms. The van der Waals surface area contributed by atoms with E-state index in [2.05, 4.69) is 34.0 Å². The highest BCUT2D eigenvalue weighted by Crippen LogP contribution is 2.32. The Morgan fingerprint density at radius 2 is 1.45 bits per heavy atom. The zero-order valence-corrected chi connectivity index (χ0v) is 9.37. The minimum absolute atomic E-state index is 0.866. The summed E-state index contributed by atoms with van der Waals surface area (Å²) in [4.78, 5) is 0. The van der Waals surface area contributed by atoms with Crippen molar-refractivity contribution in [3.8, 4) is 0 Å². The van der Waals surface area contributed by atoms with E-state index in [1.165, 1.54) is 12.8 Å². The summed E-state index contributed by atoms with van der Waals surface area (Å²) in [6.07, 6.45) is 4.87. The molecule has 0 aliphatic heterocycles. The van der Waals surface area contributed by atoms with E-state index in [0.29, 0.717) is 0 Å². The third-order valence-corrected chi connectivity index (χ3v) is 4.16. The molecule has 0 aliphatic rings. The Labute approximate surface area is 76.5 Å². The third-order valence-electron chi connectivity index (χ3n) is 2.68. The van der Waals surface area contributed by atoms with Crippen molar-refractivity contribution >= 4 is 17.6 Å². The molecule has 0 fully saturated rings. The van der Waals surface area contributed by atoms with Crippen LogP contribution in [0.15, 0.2) is 0 Å². The Morgan fingerprint density at radius 3 is 1.64 bits per heavy atom. The number of hydrogen-bond donors (Lipinski definition) is 0. The highest BCUT2D eigenvalue weighted by Gasteiger charge is 2.24. The van der Waals surface area contributed by atoms with Gasteiger partial charge in [0, 0.05) is 0 Å². The van der Waals surface area contributed by atoms with Gasteiger partial charge in [0.15, 0.2) is 0 Å². The fourth-order valence-corrected chi connectivity index (χ4v) is 2.80. The molecule has 0 spiro atoms. The van der Waals surface area contributed by atoms with Gasteiger partial charge >= 0.3 is 0 Å². The summed E-state index contributed by atoms with van der Waals surface area (Å²) >= 11 is 2.04. The second kappa shape index (κ2) is 5.99. The maximum absolute atomic E-state index is 2.37. The molecule has 0 heterocycles. The van der Waals surface area contributed by atoms with Gasteiger partial charge in [-0.3, -0.25) is 0 Å². The van der Waals surface area contributed by atoms with Gasteiger partial charge in [0.05, 0.1) is 0 Å². The molecule has 0 rings (SSSR count). The van der Waals surface area contributed by atoms with Gasteiger partial charge in [-0.2, -0.15) is 0 Å². The molecule has 0 aliphatic carbocycles. The van der Waals surface area contributed by atoms with Crippen LogP contribution in [0.1, 0.15) is 40.5 Å². The highest BCUT2D eigenvalue weighted by molar-refractivity contribution is 8.25. The fraction of sp³-hybridized carbons (Fsp3) is 1.00. The van der Waals surface area contributed by atoms with Gasteiger partial charge in [-0.15, -0.1) is 0 Å². The molecule has 2 atom stereocenters. The van der Waals surface area contributed by atoms with Crippen LogP contribution in [0.5, 0.6) is 0 Å². The third kappa shape index (κ3) is 3.55. The first-order chi connectivity index (χ1) is 5.17. The van der Waals surface area contributed by atoms with Gasteiger partial charge in [0.1, 0.15) is 0 Å². The lowest BCUT2D eigenvalue weighted by Crippen LogP contribution is -2.19. The van der Waals surface area contributed by atoms with Gasteiger partial charge in [0.25, 0.3) is 0 Å². The van der Waals surface area contributed by atoms with Crippen LogP contribution in [0.4, 0.5) is 0 Å². The van der Waals surface area contributed by atoms with Crippen LogP contribution >= 0.6 is 11.6 Å². The van der Waals surface area contributed by atoms with Crippen LogP contribution in [0, 0.1) is 0 Å². The minimum atomic E-state index is 0.866. The Bertz CT molecular complexity index is 85.6. The van der Waals surface area contributed by atoms with Crippen LogP contribution in [-0.2, 0) is 0 Å². The first kappa shape index (κ1) is 11.4. The smallest absolute Gasteiger partial charge is 0.213 e. The van der Waals surface area contributed by atoms with Crippen molar-refractivity contribution < 1.29 is 0 Å². The van der Waals surface area contributed by atoms with Crippen LogP contribution in [-0.4, -0.2) is 12.2 Å². The van der Waals surface area contributed by atoms with E-state index in [0.717, 1.165) is 17.6 Å². The molecule has 0 N–H and O–H groups in total. The molecule has 0 aromatic rings. The summed E-state index contributed by atoms with van der Waals surface area (Å²) in [5.74, 6) is 2.62. The average molecular weight is 172 g/mol. The normalized spacial score (nSPS) is 16.1. The van der Waals surface area contributed by atoms with Crippen molar-refractivity contribution in [2.75, 3.05) is 6.26 Å². The zero-order valence-electron chi connectivity index (χ0n) is 8.55. The Morgan fingerprint density at radius 1 is 1.09 bits per heavy atom. The summed E-state index contributed by atoms with van der Waals surface area (Å²) in [5, 5.41) is 0. The van der Waals surface area contributed by atoms with E-state index in [1.54, 1.807) is 0 Å². The largest absolute Gasteiger partial charge is 0.214 e. The summed E-state index contributed by atoms with van der Waals surface area (Å²) in [5.41, 5.74) is 0. The van der Waals surface area contributed by atoms with Crippen LogP contribution in [0.3, 0.4) is 0 Å². The monoisotopic (exact) mass is 172 g/mol. The summed E-state index contributed by atoms with van der Waals surface area (Å²) in [7, 11) is 0. The van der Waals surface area contributed by atoms with Crippen LogP contribution in [0.2, 0.25) is 11.6 Å². The SMILES string of the molecule is CCC(C)B(SC)C(C)CC. The lowest BCUT2D eigenvalue weighted by atomic mass is 9.52. The molecule has 0 saturated heterocycles. The van der Waals surface area contributed by atoms with Gasteiger partial charge < -0.3 is 0 Å². The molecular formula is C9H21BS. The Balaban J connectivity index is 3.92. The summed E-state index contributed by atoms with van der Waals surface area (Å²) in [6.45, 7) is 9.31. The first-order valence-electron chi connectivity index (χ1n) is 4.70. The zero-order chi connectivity index (χ0) is 8.85. The average Bonchev–Trinajstić information content (AvgIpc) is 2.05. The van der Waals surface area contributed by atoms with Crippen molar-refractivity contribution in [1.82, 2.24) is 0 Å². The van der Waals surface area contributed by atoms with E-state index in [9.17, 15) is 0 Å².